The molecule has 0 saturated carbocycles. The summed E-state index contributed by atoms with van der Waals surface area (Å²) in [7, 11) is 0. The summed E-state index contributed by atoms with van der Waals surface area (Å²) in [6.45, 7) is 7.74. The molecule has 28 heavy (non-hydrogen) atoms. The summed E-state index contributed by atoms with van der Waals surface area (Å²) in [6.07, 6.45) is 3.88. The largest absolute Gasteiger partial charge is 0.378 e. The van der Waals surface area contributed by atoms with Gasteiger partial charge < -0.3 is 14.5 Å². The summed E-state index contributed by atoms with van der Waals surface area (Å²) < 4.78 is 10.0. The first-order valence-corrected chi connectivity index (χ1v) is 10.3. The summed E-state index contributed by atoms with van der Waals surface area (Å²) >= 11 is 0. The molecule has 0 bridgehead atoms. The molecule has 4 rings (SSSR count). The number of likely N-dealkylation sites (tertiary alicyclic amines) is 2. The van der Waals surface area contributed by atoms with E-state index in [0.29, 0.717) is 56.8 Å². The normalized spacial score (nSPS) is 25.1. The molecule has 4 heterocycles. The van der Waals surface area contributed by atoms with Gasteiger partial charge in [0.1, 0.15) is 5.69 Å². The third-order valence-electron chi connectivity index (χ3n) is 6.25. The first-order chi connectivity index (χ1) is 13.6. The zero-order valence-electron chi connectivity index (χ0n) is 16.5. The van der Waals surface area contributed by atoms with Crippen molar-refractivity contribution in [2.24, 2.45) is 5.92 Å². The molecule has 3 saturated heterocycles. The van der Waals surface area contributed by atoms with Crippen LogP contribution in [0.1, 0.15) is 41.9 Å². The number of ether oxygens (including phenoxy) is 1. The molecule has 3 aliphatic rings. The average molecular weight is 391 g/mol. The number of hydrogen-bond donors (Lipinski definition) is 0. The van der Waals surface area contributed by atoms with E-state index in [1.807, 2.05) is 9.80 Å². The number of carbonyl (C=O) groups excluding carboxylic acids is 2. The van der Waals surface area contributed by atoms with Gasteiger partial charge in [-0.25, -0.2) is 4.63 Å². The van der Waals surface area contributed by atoms with Crippen LogP contribution in [0.3, 0.4) is 0 Å². The maximum absolute atomic E-state index is 12.9. The monoisotopic (exact) mass is 391 g/mol. The lowest BCUT2D eigenvalue weighted by Gasteiger charge is -2.42. The van der Waals surface area contributed by atoms with Crippen LogP contribution in [-0.2, 0) is 9.53 Å². The summed E-state index contributed by atoms with van der Waals surface area (Å²) in [5, 5.41) is 7.43. The van der Waals surface area contributed by atoms with E-state index < -0.39 is 0 Å². The number of rotatable bonds is 3. The van der Waals surface area contributed by atoms with Gasteiger partial charge in [-0.1, -0.05) is 5.16 Å². The van der Waals surface area contributed by atoms with Crippen molar-refractivity contribution in [2.45, 2.75) is 38.6 Å². The first kappa shape index (κ1) is 19.3. The maximum atomic E-state index is 12.9. The van der Waals surface area contributed by atoms with Crippen molar-refractivity contribution < 1.29 is 19.0 Å². The molecule has 3 fully saturated rings. The molecule has 0 N–H and O–H groups in total. The van der Waals surface area contributed by atoms with Gasteiger partial charge in [-0.15, -0.1) is 0 Å². The van der Waals surface area contributed by atoms with Crippen molar-refractivity contribution in [3.05, 3.63) is 11.4 Å². The van der Waals surface area contributed by atoms with Crippen LogP contribution < -0.4 is 0 Å². The first-order valence-electron chi connectivity index (χ1n) is 10.3. The van der Waals surface area contributed by atoms with Gasteiger partial charge >= 0.3 is 0 Å². The van der Waals surface area contributed by atoms with Gasteiger partial charge in [0.15, 0.2) is 5.69 Å². The zero-order chi connectivity index (χ0) is 19.5. The lowest BCUT2D eigenvalue weighted by Crippen LogP contribution is -2.53. The van der Waals surface area contributed by atoms with Crippen LogP contribution in [0.4, 0.5) is 0 Å². The molecule has 0 radical (unpaired) electrons. The highest BCUT2D eigenvalue weighted by Crippen LogP contribution is 2.26. The number of nitrogens with zero attached hydrogens (tertiary/aromatic N) is 5. The Morgan fingerprint density at radius 1 is 0.964 bits per heavy atom. The van der Waals surface area contributed by atoms with Crippen LogP contribution in [0.2, 0.25) is 0 Å². The van der Waals surface area contributed by atoms with Gasteiger partial charge in [-0.2, -0.15) is 0 Å². The Labute approximate surface area is 164 Å². The molecule has 0 aliphatic carbocycles. The molecule has 3 aliphatic heterocycles. The van der Waals surface area contributed by atoms with Crippen LogP contribution in [0.5, 0.6) is 0 Å². The SMILES string of the molecule is Cc1nonc1C(=O)N1CCC(N2CCC[C@@H](C(=O)N3CCOCC3)C2)CC1. The number of amides is 2. The predicted octanol–water partition coefficient (Wildman–Crippen LogP) is 0.553. The molecule has 1 aromatic rings. The number of morpholine rings is 1. The lowest BCUT2D eigenvalue weighted by molar-refractivity contribution is -0.141. The molecule has 1 atom stereocenters. The molecule has 9 nitrogen and oxygen atoms in total. The van der Waals surface area contributed by atoms with E-state index >= 15 is 0 Å². The van der Waals surface area contributed by atoms with Crippen molar-refractivity contribution in [3.8, 4) is 0 Å². The van der Waals surface area contributed by atoms with Crippen molar-refractivity contribution in [1.29, 1.82) is 0 Å². The number of hydrogen-bond acceptors (Lipinski definition) is 7. The minimum atomic E-state index is -0.101. The fourth-order valence-corrected chi connectivity index (χ4v) is 4.59. The highest BCUT2D eigenvalue weighted by Gasteiger charge is 2.35. The molecule has 9 heteroatoms. The van der Waals surface area contributed by atoms with E-state index in [2.05, 4.69) is 19.8 Å². The second-order valence-corrected chi connectivity index (χ2v) is 7.99. The summed E-state index contributed by atoms with van der Waals surface area (Å²) in [4.78, 5) is 31.7. The fourth-order valence-electron chi connectivity index (χ4n) is 4.59. The van der Waals surface area contributed by atoms with E-state index in [0.717, 1.165) is 38.8 Å². The molecule has 1 aromatic heterocycles. The number of aromatic nitrogens is 2. The standard InChI is InChI=1S/C19H29N5O4/c1-14-17(21-28-20-14)19(26)22-7-4-16(5-8-22)24-6-2-3-15(13-24)18(25)23-9-11-27-12-10-23/h15-16H,2-13H2,1H3/t15-/m1/s1. The van der Waals surface area contributed by atoms with Gasteiger partial charge in [0.2, 0.25) is 5.91 Å². The third kappa shape index (κ3) is 4.05. The van der Waals surface area contributed by atoms with Gasteiger partial charge in [-0.05, 0) is 44.3 Å². The molecule has 0 spiro atoms. The highest BCUT2D eigenvalue weighted by molar-refractivity contribution is 5.93. The summed E-state index contributed by atoms with van der Waals surface area (Å²) in [6, 6.07) is 0.431. The molecule has 2 amide bonds. The van der Waals surface area contributed by atoms with Crippen molar-refractivity contribution in [3.63, 3.8) is 0 Å². The van der Waals surface area contributed by atoms with Crippen molar-refractivity contribution in [1.82, 2.24) is 25.0 Å². The maximum Gasteiger partial charge on any atom is 0.278 e. The molecule has 154 valence electrons. The Bertz CT molecular complexity index is 694. The quantitative estimate of drug-likeness (QED) is 0.743. The van der Waals surface area contributed by atoms with Crippen LogP contribution in [0, 0.1) is 12.8 Å². The zero-order valence-corrected chi connectivity index (χ0v) is 16.5. The second-order valence-electron chi connectivity index (χ2n) is 7.99. The van der Waals surface area contributed by atoms with Crippen LogP contribution in [0.15, 0.2) is 4.63 Å². The van der Waals surface area contributed by atoms with E-state index in [4.69, 9.17) is 4.74 Å². The summed E-state index contributed by atoms with van der Waals surface area (Å²) in [5.74, 6) is 0.279. The molecular formula is C19H29N5O4. The molecule has 0 unspecified atom stereocenters. The Morgan fingerprint density at radius 2 is 1.71 bits per heavy atom. The third-order valence-corrected chi connectivity index (χ3v) is 6.25. The van der Waals surface area contributed by atoms with Gasteiger partial charge in [-0.3, -0.25) is 14.5 Å². The smallest absolute Gasteiger partial charge is 0.278 e. The van der Waals surface area contributed by atoms with Gasteiger partial charge in [0.25, 0.3) is 5.91 Å². The van der Waals surface area contributed by atoms with Crippen molar-refractivity contribution >= 4 is 11.8 Å². The van der Waals surface area contributed by atoms with E-state index in [1.165, 1.54) is 0 Å². The Morgan fingerprint density at radius 3 is 2.39 bits per heavy atom. The molecular weight excluding hydrogens is 362 g/mol. The Kier molecular flexibility index (Phi) is 5.91. The fraction of sp³-hybridized carbons (Fsp3) is 0.789. The van der Waals surface area contributed by atoms with Crippen LogP contribution in [-0.4, -0.2) is 95.4 Å². The Balaban J connectivity index is 1.30. The molecule has 0 aromatic carbocycles. The van der Waals surface area contributed by atoms with E-state index in [1.54, 1.807) is 6.92 Å². The average Bonchev–Trinajstić information content (AvgIpc) is 3.19. The number of carbonyl (C=O) groups is 2. The van der Waals surface area contributed by atoms with Crippen LogP contribution >= 0.6 is 0 Å². The Hall–Kier alpha value is -2.00. The van der Waals surface area contributed by atoms with Crippen LogP contribution in [0.25, 0.3) is 0 Å². The minimum absolute atomic E-state index is 0.0929. The lowest BCUT2D eigenvalue weighted by atomic mass is 9.92. The minimum Gasteiger partial charge on any atom is -0.378 e. The van der Waals surface area contributed by atoms with E-state index in [9.17, 15) is 9.59 Å². The second kappa shape index (κ2) is 8.57. The van der Waals surface area contributed by atoms with Gasteiger partial charge in [0, 0.05) is 38.8 Å². The predicted molar refractivity (Wildman–Crippen MR) is 99.7 cm³/mol. The van der Waals surface area contributed by atoms with Gasteiger partial charge in [0.05, 0.1) is 19.1 Å². The topological polar surface area (TPSA) is 92.0 Å². The van der Waals surface area contributed by atoms with E-state index in [-0.39, 0.29) is 17.7 Å². The number of piperidine rings is 2. The summed E-state index contributed by atoms with van der Waals surface area (Å²) in [5.41, 5.74) is 0.847. The number of aryl methyl sites for hydroxylation is 1. The van der Waals surface area contributed by atoms with Crippen molar-refractivity contribution in [2.75, 3.05) is 52.5 Å². The highest BCUT2D eigenvalue weighted by atomic mass is 16.6.